The zero-order chi connectivity index (χ0) is 10.5. The molecule has 0 amide bonds. The van der Waals surface area contributed by atoms with E-state index in [4.69, 9.17) is 9.47 Å². The molecule has 1 fully saturated rings. The number of hydrogen-bond donors (Lipinski definition) is 0. The molecule has 1 atom stereocenters. The van der Waals surface area contributed by atoms with Crippen LogP contribution in [0, 0.1) is 0 Å². The summed E-state index contributed by atoms with van der Waals surface area (Å²) in [6.45, 7) is 1.04. The predicted octanol–water partition coefficient (Wildman–Crippen LogP) is 1.91. The molecule has 80 valence electrons. The van der Waals surface area contributed by atoms with E-state index in [-0.39, 0.29) is 5.78 Å². The van der Waals surface area contributed by atoms with Crippen molar-refractivity contribution in [1.82, 2.24) is 0 Å². The Kier molecular flexibility index (Phi) is 3.48. The van der Waals surface area contributed by atoms with E-state index < -0.39 is 6.29 Å². The molecule has 15 heavy (non-hydrogen) atoms. The van der Waals surface area contributed by atoms with Crippen molar-refractivity contribution in [2.75, 3.05) is 6.61 Å². The highest BCUT2D eigenvalue weighted by Crippen LogP contribution is 2.12. The fourth-order valence-electron chi connectivity index (χ4n) is 1.53. The number of carbonyl (C=O) groups excluding carboxylic acids is 1. The van der Waals surface area contributed by atoms with Crippen LogP contribution < -0.4 is 0 Å². The Bertz CT molecular complexity index is 321. The summed E-state index contributed by atoms with van der Waals surface area (Å²) in [5.41, 5.74) is 1.06. The minimum atomic E-state index is -0.654. The summed E-state index contributed by atoms with van der Waals surface area (Å²) in [6, 6.07) is 9.77. The first kappa shape index (κ1) is 10.3. The number of hydrogen-bond acceptors (Lipinski definition) is 3. The number of benzene rings is 1. The van der Waals surface area contributed by atoms with Crippen LogP contribution in [-0.4, -0.2) is 18.7 Å². The van der Waals surface area contributed by atoms with E-state index >= 15 is 0 Å². The Morgan fingerprint density at radius 2 is 2.13 bits per heavy atom. The van der Waals surface area contributed by atoms with Crippen molar-refractivity contribution in [3.63, 3.8) is 0 Å². The molecule has 1 saturated heterocycles. The summed E-state index contributed by atoms with van der Waals surface area (Å²) >= 11 is 0. The van der Waals surface area contributed by atoms with Crippen LogP contribution in [0.25, 0.3) is 0 Å². The molecule has 2 rings (SSSR count). The molecular weight excluding hydrogens is 192 g/mol. The lowest BCUT2D eigenvalue weighted by molar-refractivity contribution is -0.182. The maximum Gasteiger partial charge on any atom is 0.218 e. The van der Waals surface area contributed by atoms with Gasteiger partial charge in [0.15, 0.2) is 5.78 Å². The van der Waals surface area contributed by atoms with E-state index in [2.05, 4.69) is 0 Å². The Morgan fingerprint density at radius 3 is 2.87 bits per heavy atom. The first-order valence-corrected chi connectivity index (χ1v) is 5.16. The fraction of sp³-hybridized carbons (Fsp3) is 0.417. The molecule has 0 saturated carbocycles. The molecule has 1 aromatic carbocycles. The second-order valence-electron chi connectivity index (χ2n) is 3.57. The number of ketones is 1. The molecule has 0 aromatic heterocycles. The summed E-state index contributed by atoms with van der Waals surface area (Å²) in [4.78, 5) is 11.4. The monoisotopic (exact) mass is 206 g/mol. The predicted molar refractivity (Wildman–Crippen MR) is 55.2 cm³/mol. The summed E-state index contributed by atoms with van der Waals surface area (Å²) in [5.74, 6) is 0.0529. The first-order chi connectivity index (χ1) is 7.36. The fourth-order valence-corrected chi connectivity index (χ4v) is 1.53. The van der Waals surface area contributed by atoms with Crippen molar-refractivity contribution >= 4 is 5.78 Å². The normalized spacial score (nSPS) is 21.6. The topological polar surface area (TPSA) is 35.5 Å². The van der Waals surface area contributed by atoms with Crippen molar-refractivity contribution in [3.8, 4) is 0 Å². The van der Waals surface area contributed by atoms with Gasteiger partial charge in [0.2, 0.25) is 6.29 Å². The van der Waals surface area contributed by atoms with Gasteiger partial charge in [0, 0.05) is 6.42 Å². The van der Waals surface area contributed by atoms with E-state index in [1.54, 1.807) is 0 Å². The highest BCUT2D eigenvalue weighted by molar-refractivity contribution is 5.82. The summed E-state index contributed by atoms with van der Waals surface area (Å²) in [7, 11) is 0. The molecule has 1 aliphatic rings. The van der Waals surface area contributed by atoms with Crippen LogP contribution in [0.3, 0.4) is 0 Å². The van der Waals surface area contributed by atoms with Crippen molar-refractivity contribution in [2.45, 2.75) is 25.7 Å². The van der Waals surface area contributed by atoms with Crippen LogP contribution >= 0.6 is 0 Å². The average Bonchev–Trinajstić information content (AvgIpc) is 2.29. The first-order valence-electron chi connectivity index (χ1n) is 5.16. The molecule has 0 N–H and O–H groups in total. The number of carbonyl (C=O) groups is 1. The van der Waals surface area contributed by atoms with Crippen LogP contribution in [0.2, 0.25) is 0 Å². The Labute approximate surface area is 89.0 Å². The molecule has 0 spiro atoms. The Balaban J connectivity index is 1.85. The molecule has 1 heterocycles. The lowest BCUT2D eigenvalue weighted by Gasteiger charge is -2.21. The second kappa shape index (κ2) is 5.05. The number of ether oxygens (including phenoxy) is 2. The van der Waals surface area contributed by atoms with Gasteiger partial charge in [0.25, 0.3) is 0 Å². The van der Waals surface area contributed by atoms with Crippen LogP contribution in [-0.2, 0) is 20.9 Å². The quantitative estimate of drug-likeness (QED) is 0.757. The third-order valence-corrected chi connectivity index (χ3v) is 2.34. The Morgan fingerprint density at radius 1 is 1.33 bits per heavy atom. The smallest absolute Gasteiger partial charge is 0.218 e. The zero-order valence-corrected chi connectivity index (χ0v) is 8.52. The maximum atomic E-state index is 11.4. The molecular formula is C12H14O3. The van der Waals surface area contributed by atoms with Crippen LogP contribution in [0.4, 0.5) is 0 Å². The van der Waals surface area contributed by atoms with Crippen molar-refractivity contribution in [1.29, 1.82) is 0 Å². The molecule has 3 heteroatoms. The highest BCUT2D eigenvalue weighted by atomic mass is 16.7. The summed E-state index contributed by atoms with van der Waals surface area (Å²) in [6.07, 6.45) is 0.725. The van der Waals surface area contributed by atoms with Gasteiger partial charge in [-0.3, -0.25) is 4.79 Å². The lowest BCUT2D eigenvalue weighted by atomic mass is 10.2. The third-order valence-electron chi connectivity index (χ3n) is 2.34. The van der Waals surface area contributed by atoms with Gasteiger partial charge in [0.05, 0.1) is 13.2 Å². The van der Waals surface area contributed by atoms with Gasteiger partial charge in [-0.05, 0) is 12.0 Å². The van der Waals surface area contributed by atoms with Gasteiger partial charge < -0.3 is 9.47 Å². The molecule has 1 unspecified atom stereocenters. The lowest BCUT2D eigenvalue weighted by Crippen LogP contribution is -2.31. The molecule has 0 bridgehead atoms. The van der Waals surface area contributed by atoms with E-state index in [9.17, 15) is 4.79 Å². The van der Waals surface area contributed by atoms with Gasteiger partial charge in [-0.15, -0.1) is 0 Å². The van der Waals surface area contributed by atoms with Crippen LogP contribution in [0.15, 0.2) is 30.3 Å². The highest BCUT2D eigenvalue weighted by Gasteiger charge is 2.23. The number of rotatable bonds is 3. The third kappa shape index (κ3) is 2.88. The molecule has 0 aliphatic carbocycles. The van der Waals surface area contributed by atoms with Crippen LogP contribution in [0.5, 0.6) is 0 Å². The summed E-state index contributed by atoms with van der Waals surface area (Å²) < 4.78 is 10.6. The van der Waals surface area contributed by atoms with Crippen LogP contribution in [0.1, 0.15) is 18.4 Å². The standard InChI is InChI=1S/C12H14O3/c13-11-7-4-8-14-12(11)15-9-10-5-2-1-3-6-10/h1-3,5-6,12H,4,7-9H2. The largest absolute Gasteiger partial charge is 0.346 e. The maximum absolute atomic E-state index is 11.4. The molecule has 3 nitrogen and oxygen atoms in total. The van der Waals surface area contributed by atoms with Gasteiger partial charge in [-0.2, -0.15) is 0 Å². The van der Waals surface area contributed by atoms with Crippen molar-refractivity contribution in [2.24, 2.45) is 0 Å². The van der Waals surface area contributed by atoms with Gasteiger partial charge in [-0.25, -0.2) is 0 Å². The van der Waals surface area contributed by atoms with E-state index in [1.165, 1.54) is 0 Å². The number of Topliss-reactive ketones (excluding diaryl/α,β-unsaturated/α-hetero) is 1. The minimum absolute atomic E-state index is 0.0529. The molecule has 0 radical (unpaired) electrons. The summed E-state index contributed by atoms with van der Waals surface area (Å²) in [5, 5.41) is 0. The SMILES string of the molecule is O=C1CCCOC1OCc1ccccc1. The van der Waals surface area contributed by atoms with E-state index in [1.807, 2.05) is 30.3 Å². The molecule has 1 aliphatic heterocycles. The van der Waals surface area contributed by atoms with Gasteiger partial charge >= 0.3 is 0 Å². The molecule has 1 aromatic rings. The van der Waals surface area contributed by atoms with Gasteiger partial charge in [-0.1, -0.05) is 30.3 Å². The second-order valence-corrected chi connectivity index (χ2v) is 3.57. The Hall–Kier alpha value is -1.19. The van der Waals surface area contributed by atoms with E-state index in [0.717, 1.165) is 12.0 Å². The van der Waals surface area contributed by atoms with Crippen molar-refractivity contribution in [3.05, 3.63) is 35.9 Å². The van der Waals surface area contributed by atoms with E-state index in [0.29, 0.717) is 19.6 Å². The average molecular weight is 206 g/mol. The van der Waals surface area contributed by atoms with Crippen molar-refractivity contribution < 1.29 is 14.3 Å². The zero-order valence-electron chi connectivity index (χ0n) is 8.52. The minimum Gasteiger partial charge on any atom is -0.346 e. The van der Waals surface area contributed by atoms with Gasteiger partial charge in [0.1, 0.15) is 0 Å².